The van der Waals surface area contributed by atoms with Crippen LogP contribution >= 0.6 is 0 Å². The van der Waals surface area contributed by atoms with Crippen LogP contribution in [-0.2, 0) is 0 Å². The molecule has 0 saturated carbocycles. The summed E-state index contributed by atoms with van der Waals surface area (Å²) in [6.07, 6.45) is 1.39. The summed E-state index contributed by atoms with van der Waals surface area (Å²) in [7, 11) is 1.65. The minimum Gasteiger partial charge on any atom is -0.504 e. The van der Waals surface area contributed by atoms with Crippen molar-refractivity contribution in [3.05, 3.63) is 17.8 Å². The summed E-state index contributed by atoms with van der Waals surface area (Å²) in [6, 6.07) is 3.23. The maximum Gasteiger partial charge on any atom is 0.168 e. The molecule has 0 amide bonds. The number of pyridine rings is 1. The molecule has 56 valence electrons. The zero-order chi connectivity index (χ0) is 8.27. The molecule has 11 heavy (non-hydrogen) atoms. The number of rotatable bonds is 1. The van der Waals surface area contributed by atoms with E-state index in [1.807, 2.05) is 6.07 Å². The first-order valence-electron chi connectivity index (χ1n) is 3.05. The fraction of sp³-hybridized carbons (Fsp3) is 0.143. The molecule has 0 saturated heterocycles. The summed E-state index contributed by atoms with van der Waals surface area (Å²) >= 11 is 0. The standard InChI is InChI=1S/C7H7N3O/c1-9-7-6(11)2-5(3-8)4-10-7/h2,4,11H,1H3,(H,9,10). The summed E-state index contributed by atoms with van der Waals surface area (Å²) in [5, 5.41) is 20.2. The van der Waals surface area contributed by atoms with E-state index in [1.54, 1.807) is 7.05 Å². The average Bonchev–Trinajstić information content (AvgIpc) is 2.04. The predicted molar refractivity (Wildman–Crippen MR) is 40.2 cm³/mol. The van der Waals surface area contributed by atoms with E-state index >= 15 is 0 Å². The summed E-state index contributed by atoms with van der Waals surface area (Å²) in [5.41, 5.74) is 0.349. The molecule has 0 aliphatic heterocycles. The Morgan fingerprint density at radius 1 is 1.73 bits per heavy atom. The van der Waals surface area contributed by atoms with Crippen LogP contribution in [0.2, 0.25) is 0 Å². The molecule has 4 nitrogen and oxygen atoms in total. The van der Waals surface area contributed by atoms with Gasteiger partial charge in [-0.25, -0.2) is 4.98 Å². The predicted octanol–water partition coefficient (Wildman–Crippen LogP) is 0.701. The minimum absolute atomic E-state index is 0.00782. The molecule has 0 bridgehead atoms. The molecule has 0 radical (unpaired) electrons. The lowest BCUT2D eigenvalue weighted by Crippen LogP contribution is -1.92. The van der Waals surface area contributed by atoms with Gasteiger partial charge in [0.2, 0.25) is 0 Å². The van der Waals surface area contributed by atoms with Crippen molar-refractivity contribution in [2.45, 2.75) is 0 Å². The van der Waals surface area contributed by atoms with Crippen molar-refractivity contribution in [2.24, 2.45) is 0 Å². The quantitative estimate of drug-likeness (QED) is 0.616. The molecule has 0 spiro atoms. The Morgan fingerprint density at radius 3 is 2.91 bits per heavy atom. The second-order valence-corrected chi connectivity index (χ2v) is 1.95. The molecule has 0 aromatic carbocycles. The van der Waals surface area contributed by atoms with Crippen LogP contribution < -0.4 is 5.32 Å². The van der Waals surface area contributed by atoms with E-state index in [0.717, 1.165) is 0 Å². The SMILES string of the molecule is CNc1ncc(C#N)cc1O. The third-order valence-corrected chi connectivity index (χ3v) is 1.23. The molecule has 0 aliphatic rings. The topological polar surface area (TPSA) is 68.9 Å². The molecule has 0 aliphatic carbocycles. The van der Waals surface area contributed by atoms with E-state index in [-0.39, 0.29) is 5.75 Å². The van der Waals surface area contributed by atoms with Crippen LogP contribution in [0.1, 0.15) is 5.56 Å². The van der Waals surface area contributed by atoms with E-state index in [0.29, 0.717) is 11.4 Å². The molecule has 1 aromatic heterocycles. The Bertz CT molecular complexity index is 303. The summed E-state index contributed by atoms with van der Waals surface area (Å²) in [6.45, 7) is 0. The van der Waals surface area contributed by atoms with Crippen LogP contribution in [0.5, 0.6) is 5.75 Å². The molecule has 1 heterocycles. The van der Waals surface area contributed by atoms with Gasteiger partial charge < -0.3 is 10.4 Å². The Hall–Kier alpha value is -1.76. The molecular weight excluding hydrogens is 142 g/mol. The third-order valence-electron chi connectivity index (χ3n) is 1.23. The Labute approximate surface area is 64.1 Å². The lowest BCUT2D eigenvalue weighted by atomic mass is 10.3. The molecular formula is C7H7N3O. The van der Waals surface area contributed by atoms with Crippen LogP contribution in [0.3, 0.4) is 0 Å². The van der Waals surface area contributed by atoms with Crippen LogP contribution in [0.25, 0.3) is 0 Å². The molecule has 1 rings (SSSR count). The Morgan fingerprint density at radius 2 is 2.45 bits per heavy atom. The van der Waals surface area contributed by atoms with Crippen molar-refractivity contribution in [1.82, 2.24) is 4.98 Å². The van der Waals surface area contributed by atoms with E-state index in [1.165, 1.54) is 12.3 Å². The van der Waals surface area contributed by atoms with Gasteiger partial charge in [-0.3, -0.25) is 0 Å². The van der Waals surface area contributed by atoms with Gasteiger partial charge in [-0.1, -0.05) is 0 Å². The summed E-state index contributed by atoms with van der Waals surface area (Å²) in [5.74, 6) is 0.371. The molecule has 2 N–H and O–H groups in total. The van der Waals surface area contributed by atoms with Gasteiger partial charge in [-0.2, -0.15) is 5.26 Å². The van der Waals surface area contributed by atoms with Gasteiger partial charge in [-0.15, -0.1) is 0 Å². The second kappa shape index (κ2) is 2.88. The highest BCUT2D eigenvalue weighted by molar-refractivity contribution is 5.51. The van der Waals surface area contributed by atoms with Gasteiger partial charge in [0.1, 0.15) is 6.07 Å². The van der Waals surface area contributed by atoms with Gasteiger partial charge in [0.05, 0.1) is 5.56 Å². The fourth-order valence-corrected chi connectivity index (χ4v) is 0.707. The summed E-state index contributed by atoms with van der Waals surface area (Å²) in [4.78, 5) is 3.78. The zero-order valence-corrected chi connectivity index (χ0v) is 6.00. The van der Waals surface area contributed by atoms with Crippen molar-refractivity contribution >= 4 is 5.82 Å². The van der Waals surface area contributed by atoms with Crippen LogP contribution in [0, 0.1) is 11.3 Å². The number of hydrogen-bond donors (Lipinski definition) is 2. The second-order valence-electron chi connectivity index (χ2n) is 1.95. The normalized spacial score (nSPS) is 8.73. The van der Waals surface area contributed by atoms with Crippen molar-refractivity contribution in [2.75, 3.05) is 12.4 Å². The van der Waals surface area contributed by atoms with E-state index < -0.39 is 0 Å². The van der Waals surface area contributed by atoms with Crippen LogP contribution in [0.4, 0.5) is 5.82 Å². The molecule has 0 atom stereocenters. The van der Waals surface area contributed by atoms with Gasteiger partial charge in [-0.05, 0) is 0 Å². The molecule has 0 fully saturated rings. The van der Waals surface area contributed by atoms with Crippen LogP contribution in [-0.4, -0.2) is 17.1 Å². The van der Waals surface area contributed by atoms with Crippen molar-refractivity contribution in [3.8, 4) is 11.8 Å². The smallest absolute Gasteiger partial charge is 0.168 e. The van der Waals surface area contributed by atoms with Crippen molar-refractivity contribution in [1.29, 1.82) is 5.26 Å². The van der Waals surface area contributed by atoms with Gasteiger partial charge in [0, 0.05) is 19.3 Å². The van der Waals surface area contributed by atoms with Crippen molar-refractivity contribution < 1.29 is 5.11 Å². The van der Waals surface area contributed by atoms with Gasteiger partial charge in [0.15, 0.2) is 11.6 Å². The first kappa shape index (κ1) is 7.35. The lowest BCUT2D eigenvalue weighted by molar-refractivity contribution is 0.475. The van der Waals surface area contributed by atoms with E-state index in [9.17, 15) is 0 Å². The number of anilines is 1. The highest BCUT2D eigenvalue weighted by Gasteiger charge is 2.00. The number of nitriles is 1. The monoisotopic (exact) mass is 149 g/mol. The maximum atomic E-state index is 9.15. The summed E-state index contributed by atoms with van der Waals surface area (Å²) < 4.78 is 0. The molecule has 4 heteroatoms. The van der Waals surface area contributed by atoms with Crippen LogP contribution in [0.15, 0.2) is 12.3 Å². The first-order valence-corrected chi connectivity index (χ1v) is 3.05. The number of nitrogens with zero attached hydrogens (tertiary/aromatic N) is 2. The largest absolute Gasteiger partial charge is 0.504 e. The Balaban J connectivity index is 3.12. The number of nitrogens with one attached hydrogen (secondary N) is 1. The maximum absolute atomic E-state index is 9.15. The highest BCUT2D eigenvalue weighted by atomic mass is 16.3. The third kappa shape index (κ3) is 1.38. The Kier molecular flexibility index (Phi) is 1.93. The minimum atomic E-state index is -0.00782. The highest BCUT2D eigenvalue weighted by Crippen LogP contribution is 2.19. The van der Waals surface area contributed by atoms with Gasteiger partial charge >= 0.3 is 0 Å². The average molecular weight is 149 g/mol. The first-order chi connectivity index (χ1) is 5.27. The number of aromatic nitrogens is 1. The molecule has 1 aromatic rings. The zero-order valence-electron chi connectivity index (χ0n) is 6.00. The van der Waals surface area contributed by atoms with Crippen molar-refractivity contribution in [3.63, 3.8) is 0 Å². The van der Waals surface area contributed by atoms with E-state index in [2.05, 4.69) is 10.3 Å². The van der Waals surface area contributed by atoms with E-state index in [4.69, 9.17) is 10.4 Å². The number of hydrogen-bond acceptors (Lipinski definition) is 4. The fourth-order valence-electron chi connectivity index (χ4n) is 0.707. The number of aromatic hydroxyl groups is 1. The lowest BCUT2D eigenvalue weighted by Gasteiger charge is -2.00. The molecule has 0 unspecified atom stereocenters. The van der Waals surface area contributed by atoms with Gasteiger partial charge in [0.25, 0.3) is 0 Å².